The molecule has 7 nitrogen and oxygen atoms in total. The Kier molecular flexibility index (Phi) is 5.81. The van der Waals surface area contributed by atoms with E-state index in [1.54, 1.807) is 4.90 Å². The molecule has 5 rings (SSSR count). The molecule has 3 amide bonds. The first-order valence-electron chi connectivity index (χ1n) is 12.7. The molecule has 32 heavy (non-hydrogen) atoms. The number of nitrogens with one attached hydrogen (secondary N) is 2. The summed E-state index contributed by atoms with van der Waals surface area (Å²) in [5, 5.41) is 6.42. The van der Waals surface area contributed by atoms with Crippen molar-refractivity contribution in [3.05, 3.63) is 12.2 Å². The molecule has 0 unspecified atom stereocenters. The van der Waals surface area contributed by atoms with E-state index < -0.39 is 29.6 Å². The van der Waals surface area contributed by atoms with Gasteiger partial charge in [-0.05, 0) is 39.5 Å². The minimum absolute atomic E-state index is 0.0940. The summed E-state index contributed by atoms with van der Waals surface area (Å²) in [5.41, 5.74) is -1.04. The minimum Gasteiger partial charge on any atom is -0.359 e. The summed E-state index contributed by atoms with van der Waals surface area (Å²) in [5.74, 6) is -1.56. The van der Waals surface area contributed by atoms with Gasteiger partial charge in [0, 0.05) is 18.1 Å². The van der Waals surface area contributed by atoms with Crippen LogP contribution in [0.1, 0.15) is 78.1 Å². The Morgan fingerprint density at radius 3 is 2.09 bits per heavy atom. The van der Waals surface area contributed by atoms with Crippen molar-refractivity contribution in [1.82, 2.24) is 15.5 Å². The molecule has 176 valence electrons. The normalized spacial score (nSPS) is 37.2. The van der Waals surface area contributed by atoms with Gasteiger partial charge in [0.15, 0.2) is 0 Å². The van der Waals surface area contributed by atoms with Crippen molar-refractivity contribution in [2.75, 3.05) is 0 Å². The molecule has 1 spiro atoms. The fourth-order valence-corrected chi connectivity index (χ4v) is 6.83. The Labute approximate surface area is 190 Å². The number of hydrogen-bond acceptors (Lipinski definition) is 4. The van der Waals surface area contributed by atoms with Crippen LogP contribution in [0.25, 0.3) is 0 Å². The van der Waals surface area contributed by atoms with Crippen LogP contribution in [0.2, 0.25) is 0 Å². The lowest BCUT2D eigenvalue weighted by molar-refractivity contribution is -0.144. The average Bonchev–Trinajstić information content (AvgIpc) is 3.42. The van der Waals surface area contributed by atoms with Crippen molar-refractivity contribution < 1.29 is 19.1 Å². The summed E-state index contributed by atoms with van der Waals surface area (Å²) < 4.78 is 6.39. The second kappa shape index (κ2) is 8.47. The molecule has 0 aromatic carbocycles. The largest absolute Gasteiger partial charge is 0.359 e. The molecule has 2 aliphatic carbocycles. The Morgan fingerprint density at radius 1 is 0.969 bits per heavy atom. The standard InChI is InChI=1S/C25H37N3O4/c1-15(2)28-21(23(30)27-17-11-7-4-8-12-17)25-14-13-18(32-25)19(20(25)24(28)31)22(29)26-16-9-5-3-6-10-16/h13-21H,3-12H2,1-2H3,(H,26,29)(H,27,30)/t18-,19-,20+,21+,25+/m1/s1. The van der Waals surface area contributed by atoms with Gasteiger partial charge in [0.05, 0.1) is 17.9 Å². The number of amides is 3. The van der Waals surface area contributed by atoms with Crippen molar-refractivity contribution in [3.63, 3.8) is 0 Å². The Hall–Kier alpha value is -1.89. The highest BCUT2D eigenvalue weighted by Crippen LogP contribution is 2.55. The van der Waals surface area contributed by atoms with Crippen LogP contribution < -0.4 is 10.6 Å². The van der Waals surface area contributed by atoms with Gasteiger partial charge >= 0.3 is 0 Å². The summed E-state index contributed by atoms with van der Waals surface area (Å²) in [4.78, 5) is 42.3. The topological polar surface area (TPSA) is 87.7 Å². The van der Waals surface area contributed by atoms with Gasteiger partial charge < -0.3 is 20.3 Å². The fraction of sp³-hybridized carbons (Fsp3) is 0.800. The van der Waals surface area contributed by atoms with E-state index in [1.165, 1.54) is 12.8 Å². The van der Waals surface area contributed by atoms with Crippen LogP contribution in [0.4, 0.5) is 0 Å². The summed E-state index contributed by atoms with van der Waals surface area (Å²) in [7, 11) is 0. The molecular formula is C25H37N3O4. The SMILES string of the molecule is CC(C)N1C(=O)[C@@H]2[C@H](C(=O)NC3CCCCC3)[C@H]3C=C[C@@]2(O3)[C@@H]1C(=O)NC1CCCCC1. The van der Waals surface area contributed by atoms with E-state index in [0.717, 1.165) is 51.4 Å². The highest BCUT2D eigenvalue weighted by molar-refractivity contribution is 6.00. The number of carbonyl (C=O) groups excluding carboxylic acids is 3. The highest BCUT2D eigenvalue weighted by atomic mass is 16.5. The van der Waals surface area contributed by atoms with Crippen LogP contribution in [0, 0.1) is 11.8 Å². The molecule has 2 bridgehead atoms. The zero-order valence-corrected chi connectivity index (χ0v) is 19.3. The van der Waals surface area contributed by atoms with Crippen molar-refractivity contribution in [3.8, 4) is 0 Å². The van der Waals surface area contributed by atoms with Crippen molar-refractivity contribution in [2.45, 2.75) is 114 Å². The van der Waals surface area contributed by atoms with Crippen LogP contribution in [-0.2, 0) is 19.1 Å². The van der Waals surface area contributed by atoms with E-state index in [-0.39, 0.29) is 35.8 Å². The van der Waals surface area contributed by atoms with Gasteiger partial charge in [-0.25, -0.2) is 0 Å². The lowest BCUT2D eigenvalue weighted by atomic mass is 9.74. The number of fused-ring (bicyclic) bond motifs is 1. The molecule has 0 aromatic heterocycles. The molecule has 2 saturated heterocycles. The average molecular weight is 444 g/mol. The van der Waals surface area contributed by atoms with Gasteiger partial charge in [0.2, 0.25) is 17.7 Å². The first kappa shape index (κ1) is 21.9. The molecule has 2 saturated carbocycles. The van der Waals surface area contributed by atoms with Crippen molar-refractivity contribution >= 4 is 17.7 Å². The quantitative estimate of drug-likeness (QED) is 0.639. The summed E-state index contributed by atoms with van der Waals surface area (Å²) in [6, 6.07) is -0.541. The van der Waals surface area contributed by atoms with Crippen LogP contribution in [-0.4, -0.2) is 58.5 Å². The number of ether oxygens (including phenoxy) is 1. The van der Waals surface area contributed by atoms with Crippen LogP contribution in [0.5, 0.6) is 0 Å². The summed E-state index contributed by atoms with van der Waals surface area (Å²) in [6.07, 6.45) is 14.3. The minimum atomic E-state index is -1.04. The van der Waals surface area contributed by atoms with E-state index >= 15 is 0 Å². The molecule has 4 fully saturated rings. The predicted octanol–water partition coefficient (Wildman–Crippen LogP) is 2.44. The number of likely N-dealkylation sites (tertiary alicyclic amines) is 1. The van der Waals surface area contributed by atoms with Gasteiger partial charge in [-0.1, -0.05) is 50.7 Å². The van der Waals surface area contributed by atoms with E-state index in [4.69, 9.17) is 4.74 Å². The summed E-state index contributed by atoms with van der Waals surface area (Å²) in [6.45, 7) is 3.87. The lowest BCUT2D eigenvalue weighted by Crippen LogP contribution is -2.57. The molecule has 5 aliphatic rings. The maximum atomic E-state index is 13.7. The van der Waals surface area contributed by atoms with E-state index in [2.05, 4.69) is 10.6 Å². The number of hydrogen-bond donors (Lipinski definition) is 2. The third kappa shape index (κ3) is 3.47. The van der Waals surface area contributed by atoms with Crippen LogP contribution >= 0.6 is 0 Å². The third-order valence-corrected chi connectivity index (χ3v) is 8.32. The molecule has 0 aromatic rings. The molecule has 2 N–H and O–H groups in total. The first-order chi connectivity index (χ1) is 15.4. The van der Waals surface area contributed by atoms with Gasteiger partial charge in [-0.3, -0.25) is 14.4 Å². The van der Waals surface area contributed by atoms with Crippen LogP contribution in [0.15, 0.2) is 12.2 Å². The Morgan fingerprint density at radius 2 is 1.53 bits per heavy atom. The first-order valence-corrected chi connectivity index (χ1v) is 12.7. The highest BCUT2D eigenvalue weighted by Gasteiger charge is 2.73. The monoisotopic (exact) mass is 443 g/mol. The lowest BCUT2D eigenvalue weighted by Gasteiger charge is -2.35. The predicted molar refractivity (Wildman–Crippen MR) is 120 cm³/mol. The molecular weight excluding hydrogens is 406 g/mol. The van der Waals surface area contributed by atoms with E-state index in [0.29, 0.717) is 0 Å². The Bertz CT molecular complexity index is 799. The second-order valence-electron chi connectivity index (χ2n) is 10.7. The maximum absolute atomic E-state index is 13.7. The Balaban J connectivity index is 1.40. The van der Waals surface area contributed by atoms with Crippen LogP contribution in [0.3, 0.4) is 0 Å². The maximum Gasteiger partial charge on any atom is 0.246 e. The molecule has 3 heterocycles. The fourth-order valence-electron chi connectivity index (χ4n) is 6.83. The van der Waals surface area contributed by atoms with Gasteiger partial charge in [0.1, 0.15) is 11.6 Å². The van der Waals surface area contributed by atoms with Crippen molar-refractivity contribution in [2.24, 2.45) is 11.8 Å². The smallest absolute Gasteiger partial charge is 0.246 e. The molecule has 0 radical (unpaired) electrons. The molecule has 5 atom stereocenters. The van der Waals surface area contributed by atoms with E-state index in [1.807, 2.05) is 26.0 Å². The molecule has 7 heteroatoms. The zero-order chi connectivity index (χ0) is 22.5. The van der Waals surface area contributed by atoms with E-state index in [9.17, 15) is 14.4 Å². The number of nitrogens with zero attached hydrogens (tertiary/aromatic N) is 1. The van der Waals surface area contributed by atoms with Gasteiger partial charge in [-0.15, -0.1) is 0 Å². The number of rotatable bonds is 5. The molecule has 3 aliphatic heterocycles. The zero-order valence-electron chi connectivity index (χ0n) is 19.3. The third-order valence-electron chi connectivity index (χ3n) is 8.32. The number of carbonyl (C=O) groups is 3. The summed E-state index contributed by atoms with van der Waals surface area (Å²) >= 11 is 0. The second-order valence-corrected chi connectivity index (χ2v) is 10.7. The van der Waals surface area contributed by atoms with Gasteiger partial charge in [-0.2, -0.15) is 0 Å². The van der Waals surface area contributed by atoms with Crippen molar-refractivity contribution in [1.29, 1.82) is 0 Å². The van der Waals surface area contributed by atoms with Gasteiger partial charge in [0.25, 0.3) is 0 Å².